The van der Waals surface area contributed by atoms with E-state index in [1.54, 1.807) is 0 Å². The standard InChI is InChI=1S/C21H21F6N5O2S.ClH/c22-13-8-15(24)14(23)6-11(13)5-12(28)7-17(33)30-1-2-32-16(9-30)18(29-20(32)21(25,26)27)19(34)31-3-4-35-10-31;/h6,8,12H,1-5,7,9-10,28H2;1H/t12-;/m1./s1. The van der Waals surface area contributed by atoms with Crippen LogP contribution in [0.5, 0.6) is 0 Å². The van der Waals surface area contributed by atoms with Crippen LogP contribution in [-0.2, 0) is 30.5 Å². The number of benzene rings is 1. The largest absolute Gasteiger partial charge is 0.449 e. The number of hydrogen-bond donors (Lipinski definition) is 1. The second kappa shape index (κ2) is 10.9. The van der Waals surface area contributed by atoms with Gasteiger partial charge in [0.1, 0.15) is 5.82 Å². The molecule has 36 heavy (non-hydrogen) atoms. The molecule has 2 aliphatic rings. The van der Waals surface area contributed by atoms with Crippen LogP contribution in [0.2, 0.25) is 0 Å². The molecule has 1 saturated heterocycles. The summed E-state index contributed by atoms with van der Waals surface area (Å²) in [5, 5.41) is 0. The predicted molar refractivity (Wildman–Crippen MR) is 121 cm³/mol. The molecule has 0 aliphatic carbocycles. The molecule has 1 fully saturated rings. The normalized spacial score (nSPS) is 16.5. The molecule has 0 unspecified atom stereocenters. The van der Waals surface area contributed by atoms with Gasteiger partial charge < -0.3 is 20.1 Å². The van der Waals surface area contributed by atoms with Crippen LogP contribution in [0, 0.1) is 17.5 Å². The van der Waals surface area contributed by atoms with Crippen molar-refractivity contribution in [2.24, 2.45) is 5.73 Å². The summed E-state index contributed by atoms with van der Waals surface area (Å²) in [5.41, 5.74) is 5.37. The van der Waals surface area contributed by atoms with E-state index in [-0.39, 0.29) is 61.8 Å². The van der Waals surface area contributed by atoms with Crippen molar-refractivity contribution in [1.29, 1.82) is 0 Å². The highest BCUT2D eigenvalue weighted by Crippen LogP contribution is 2.33. The van der Waals surface area contributed by atoms with E-state index in [0.717, 1.165) is 4.57 Å². The van der Waals surface area contributed by atoms with E-state index in [2.05, 4.69) is 4.98 Å². The van der Waals surface area contributed by atoms with Gasteiger partial charge in [-0.15, -0.1) is 24.2 Å². The second-order valence-corrected chi connectivity index (χ2v) is 9.40. The fourth-order valence-corrected chi connectivity index (χ4v) is 5.07. The van der Waals surface area contributed by atoms with Gasteiger partial charge in [0.25, 0.3) is 5.91 Å². The van der Waals surface area contributed by atoms with Crippen molar-refractivity contribution in [2.75, 3.05) is 24.7 Å². The number of imidazole rings is 1. The van der Waals surface area contributed by atoms with Gasteiger partial charge in [-0.1, -0.05) is 0 Å². The summed E-state index contributed by atoms with van der Waals surface area (Å²) >= 11 is 1.47. The van der Waals surface area contributed by atoms with E-state index < -0.39 is 47.3 Å². The van der Waals surface area contributed by atoms with Crippen molar-refractivity contribution in [3.8, 4) is 0 Å². The smallest absolute Gasteiger partial charge is 0.335 e. The lowest BCUT2D eigenvalue weighted by Gasteiger charge is -2.30. The number of hydrogen-bond acceptors (Lipinski definition) is 5. The zero-order valence-electron chi connectivity index (χ0n) is 18.7. The average molecular weight is 558 g/mol. The van der Waals surface area contributed by atoms with Crippen LogP contribution in [-0.4, -0.2) is 61.9 Å². The zero-order chi connectivity index (χ0) is 25.5. The predicted octanol–water partition coefficient (Wildman–Crippen LogP) is 3.19. The Bertz CT molecular complexity index is 1150. The molecule has 0 spiro atoms. The molecule has 2 amide bonds. The molecule has 1 atom stereocenters. The van der Waals surface area contributed by atoms with E-state index in [9.17, 15) is 35.9 Å². The first-order valence-electron chi connectivity index (χ1n) is 10.7. The van der Waals surface area contributed by atoms with E-state index in [1.807, 2.05) is 0 Å². The lowest BCUT2D eigenvalue weighted by atomic mass is 10.0. The fraction of sp³-hybridized carbons (Fsp3) is 0.476. The van der Waals surface area contributed by atoms with Crippen molar-refractivity contribution in [3.05, 3.63) is 52.4 Å². The summed E-state index contributed by atoms with van der Waals surface area (Å²) in [6.07, 6.45) is -5.35. The fourth-order valence-electron chi connectivity index (χ4n) is 4.12. The number of carbonyl (C=O) groups excluding carboxylic acids is 2. The Morgan fingerprint density at radius 3 is 2.39 bits per heavy atom. The minimum Gasteiger partial charge on any atom is -0.335 e. The molecule has 1 aromatic heterocycles. The van der Waals surface area contributed by atoms with E-state index in [0.29, 0.717) is 30.3 Å². The third-order valence-corrected chi connectivity index (χ3v) is 6.83. The maximum atomic E-state index is 13.9. The van der Waals surface area contributed by atoms with Crippen LogP contribution in [0.25, 0.3) is 0 Å². The number of fused-ring (bicyclic) bond motifs is 1. The molecule has 0 bridgehead atoms. The number of aromatic nitrogens is 2. The Morgan fingerprint density at radius 1 is 1.06 bits per heavy atom. The number of thioether (sulfide) groups is 1. The highest BCUT2D eigenvalue weighted by atomic mass is 35.5. The van der Waals surface area contributed by atoms with Gasteiger partial charge >= 0.3 is 6.18 Å². The van der Waals surface area contributed by atoms with Crippen molar-refractivity contribution in [3.63, 3.8) is 0 Å². The van der Waals surface area contributed by atoms with Crippen LogP contribution in [0.4, 0.5) is 26.3 Å². The average Bonchev–Trinajstić information content (AvgIpc) is 3.44. The second-order valence-electron chi connectivity index (χ2n) is 8.33. The lowest BCUT2D eigenvalue weighted by Crippen LogP contribution is -2.42. The Hall–Kier alpha value is -2.45. The Balaban J connectivity index is 0.00000361. The van der Waals surface area contributed by atoms with Crippen LogP contribution >= 0.6 is 24.2 Å². The number of carbonyl (C=O) groups is 2. The van der Waals surface area contributed by atoms with Crippen LogP contribution < -0.4 is 5.73 Å². The van der Waals surface area contributed by atoms with Gasteiger partial charge in [-0.25, -0.2) is 18.2 Å². The minimum atomic E-state index is -4.78. The zero-order valence-corrected chi connectivity index (χ0v) is 20.3. The first kappa shape index (κ1) is 28.1. The van der Waals surface area contributed by atoms with Crippen LogP contribution in [0.3, 0.4) is 0 Å². The molecule has 15 heteroatoms. The third kappa shape index (κ3) is 5.75. The summed E-state index contributed by atoms with van der Waals surface area (Å²) in [4.78, 5) is 31.9. The number of nitrogens with zero attached hydrogens (tertiary/aromatic N) is 4. The molecule has 2 aliphatic heterocycles. The summed E-state index contributed by atoms with van der Waals surface area (Å²) < 4.78 is 82.0. The molecule has 0 radical (unpaired) electrons. The van der Waals surface area contributed by atoms with Crippen molar-refractivity contribution < 1.29 is 35.9 Å². The van der Waals surface area contributed by atoms with E-state index >= 15 is 0 Å². The van der Waals surface area contributed by atoms with Crippen LogP contribution in [0.15, 0.2) is 12.1 Å². The number of halogens is 7. The summed E-state index contributed by atoms with van der Waals surface area (Å²) in [6, 6.07) is 0.102. The van der Waals surface area contributed by atoms with Gasteiger partial charge in [0, 0.05) is 43.9 Å². The molecule has 0 saturated carbocycles. The van der Waals surface area contributed by atoms with Crippen molar-refractivity contribution >= 4 is 36.0 Å². The number of nitrogens with two attached hydrogens (primary N) is 1. The van der Waals surface area contributed by atoms with E-state index in [1.165, 1.54) is 21.6 Å². The highest BCUT2D eigenvalue weighted by molar-refractivity contribution is 7.99. The van der Waals surface area contributed by atoms with Crippen molar-refractivity contribution in [1.82, 2.24) is 19.4 Å². The monoisotopic (exact) mass is 557 g/mol. The summed E-state index contributed by atoms with van der Waals surface area (Å²) in [7, 11) is 0. The number of rotatable bonds is 5. The lowest BCUT2D eigenvalue weighted by molar-refractivity contribution is -0.148. The van der Waals surface area contributed by atoms with Gasteiger partial charge in [0.05, 0.1) is 18.1 Å². The Labute approximate surface area is 212 Å². The maximum absolute atomic E-state index is 13.9. The first-order valence-corrected chi connectivity index (χ1v) is 11.8. The molecule has 3 heterocycles. The molecule has 1 aromatic carbocycles. The topological polar surface area (TPSA) is 84.5 Å². The third-order valence-electron chi connectivity index (χ3n) is 5.86. The Morgan fingerprint density at radius 2 is 1.75 bits per heavy atom. The molecule has 2 aromatic rings. The van der Waals surface area contributed by atoms with Gasteiger partial charge in [0.2, 0.25) is 11.7 Å². The van der Waals surface area contributed by atoms with Crippen LogP contribution in [0.1, 0.15) is 34.0 Å². The van der Waals surface area contributed by atoms with Gasteiger partial charge in [-0.2, -0.15) is 13.2 Å². The molecule has 4 rings (SSSR count). The molecule has 198 valence electrons. The quantitative estimate of drug-likeness (QED) is 0.451. The molecular formula is C21H22ClF6N5O2S. The number of alkyl halides is 3. The van der Waals surface area contributed by atoms with Crippen molar-refractivity contribution in [2.45, 2.75) is 38.1 Å². The number of amides is 2. The minimum absolute atomic E-state index is 0. The van der Waals surface area contributed by atoms with Gasteiger partial charge in [-0.05, 0) is 18.1 Å². The highest BCUT2D eigenvalue weighted by Gasteiger charge is 2.42. The summed E-state index contributed by atoms with van der Waals surface area (Å²) in [5.74, 6) is -4.96. The Kier molecular flexibility index (Phi) is 8.51. The molecular weight excluding hydrogens is 536 g/mol. The van der Waals surface area contributed by atoms with Gasteiger partial charge in [-0.3, -0.25) is 9.59 Å². The van der Waals surface area contributed by atoms with Gasteiger partial charge in [0.15, 0.2) is 17.3 Å². The van der Waals surface area contributed by atoms with E-state index in [4.69, 9.17) is 5.73 Å². The SMILES string of the molecule is Cl.N[C@@H](CC(=O)N1CCn2c(C(F)(F)F)nc(C(=O)N3CCSC3)c2C1)Cc1cc(F)c(F)cc1F. The first-order chi connectivity index (χ1) is 16.5. The molecule has 7 nitrogen and oxygen atoms in total. The maximum Gasteiger partial charge on any atom is 0.449 e. The summed E-state index contributed by atoms with van der Waals surface area (Å²) in [6.45, 7) is -0.200. The molecule has 2 N–H and O–H groups in total.